The molecule has 3 aromatic carbocycles. The Bertz CT molecular complexity index is 1140. The van der Waals surface area contributed by atoms with Crippen LogP contribution >= 0.6 is 0 Å². The lowest BCUT2D eigenvalue weighted by molar-refractivity contribution is -0.144. The third-order valence-electron chi connectivity index (χ3n) is 6.46. The minimum atomic E-state index is -0.800. The first-order valence-electron chi connectivity index (χ1n) is 11.1. The molecule has 32 heavy (non-hydrogen) atoms. The molecular weight excluding hydrogens is 398 g/mol. The predicted octanol–water partition coefficient (Wildman–Crippen LogP) is 4.70. The lowest BCUT2D eigenvalue weighted by Crippen LogP contribution is -2.50. The maximum Gasteiger partial charge on any atom is 0.325 e. The first-order chi connectivity index (χ1) is 15.7. The number of aromatic nitrogens is 1. The number of aromatic amines is 1. The molecule has 1 saturated heterocycles. The number of fused-ring (bicyclic) bond motifs is 1. The van der Waals surface area contributed by atoms with Gasteiger partial charge in [0.15, 0.2) is 0 Å². The van der Waals surface area contributed by atoms with Gasteiger partial charge in [0.2, 0.25) is 0 Å². The van der Waals surface area contributed by atoms with Gasteiger partial charge in [0, 0.05) is 48.8 Å². The summed E-state index contributed by atoms with van der Waals surface area (Å²) in [7, 11) is 0. The number of rotatable bonds is 6. The van der Waals surface area contributed by atoms with E-state index >= 15 is 0 Å². The van der Waals surface area contributed by atoms with Crippen molar-refractivity contribution < 1.29 is 9.90 Å². The van der Waals surface area contributed by atoms with E-state index in [0.29, 0.717) is 13.1 Å². The minimum Gasteiger partial charge on any atom is -0.480 e. The highest BCUT2D eigenvalue weighted by Crippen LogP contribution is 2.33. The molecule has 2 N–H and O–H groups in total. The van der Waals surface area contributed by atoms with E-state index in [1.165, 1.54) is 11.1 Å². The summed E-state index contributed by atoms with van der Waals surface area (Å²) in [5.41, 5.74) is 4.34. The molecule has 0 aliphatic carbocycles. The lowest BCUT2D eigenvalue weighted by Gasteiger charge is -2.41. The highest BCUT2D eigenvalue weighted by Gasteiger charge is 2.34. The van der Waals surface area contributed by atoms with Gasteiger partial charge in [-0.05, 0) is 17.2 Å². The standard InChI is InChI=1S/C27H27N3O2/c31-27(32)26(23-19-28-24-14-8-7-13-22(23)24)30-17-15-29(16-18-30)25(20-9-3-1-4-10-20)21-11-5-2-6-12-21/h1-14,19,25-26,28H,15-18H2,(H,31,32)/t26-/m1/s1. The largest absolute Gasteiger partial charge is 0.480 e. The fourth-order valence-corrected chi connectivity index (χ4v) is 4.94. The number of hydrogen-bond donors (Lipinski definition) is 2. The van der Waals surface area contributed by atoms with Crippen molar-refractivity contribution in [3.63, 3.8) is 0 Å². The van der Waals surface area contributed by atoms with Crippen LogP contribution in [0.15, 0.2) is 91.1 Å². The van der Waals surface area contributed by atoms with E-state index in [2.05, 4.69) is 63.3 Å². The van der Waals surface area contributed by atoms with Crippen LogP contribution in [0.3, 0.4) is 0 Å². The van der Waals surface area contributed by atoms with Gasteiger partial charge < -0.3 is 10.1 Å². The van der Waals surface area contributed by atoms with Crippen LogP contribution in [0.25, 0.3) is 10.9 Å². The molecular formula is C27H27N3O2. The van der Waals surface area contributed by atoms with E-state index in [9.17, 15) is 9.90 Å². The second-order valence-electron chi connectivity index (χ2n) is 8.33. The second-order valence-corrected chi connectivity index (χ2v) is 8.33. The zero-order valence-corrected chi connectivity index (χ0v) is 17.9. The van der Waals surface area contributed by atoms with Crippen molar-refractivity contribution in [2.75, 3.05) is 26.2 Å². The number of piperazine rings is 1. The minimum absolute atomic E-state index is 0.163. The molecule has 0 radical (unpaired) electrons. The van der Waals surface area contributed by atoms with Crippen LogP contribution in [-0.4, -0.2) is 52.0 Å². The lowest BCUT2D eigenvalue weighted by atomic mass is 9.96. The van der Waals surface area contributed by atoms with Gasteiger partial charge in [-0.2, -0.15) is 0 Å². The van der Waals surface area contributed by atoms with Gasteiger partial charge in [-0.15, -0.1) is 0 Å². The zero-order chi connectivity index (χ0) is 21.9. The second kappa shape index (κ2) is 8.99. The highest BCUT2D eigenvalue weighted by molar-refractivity contribution is 5.89. The Balaban J connectivity index is 1.39. The third kappa shape index (κ3) is 3.93. The average molecular weight is 426 g/mol. The number of carboxylic acid groups (broad SMARTS) is 1. The molecule has 5 rings (SSSR count). The summed E-state index contributed by atoms with van der Waals surface area (Å²) in [5.74, 6) is -0.800. The molecule has 1 aromatic heterocycles. The molecule has 5 nitrogen and oxygen atoms in total. The molecule has 5 heteroatoms. The molecule has 1 aliphatic rings. The third-order valence-corrected chi connectivity index (χ3v) is 6.46. The Morgan fingerprint density at radius 1 is 0.750 bits per heavy atom. The van der Waals surface area contributed by atoms with Crippen LogP contribution in [0.2, 0.25) is 0 Å². The predicted molar refractivity (Wildman–Crippen MR) is 127 cm³/mol. The number of carbonyl (C=O) groups is 1. The van der Waals surface area contributed by atoms with Gasteiger partial charge in [0.25, 0.3) is 0 Å². The molecule has 0 bridgehead atoms. The maximum absolute atomic E-state index is 12.3. The number of nitrogens with one attached hydrogen (secondary N) is 1. The SMILES string of the molecule is O=C(O)[C@@H](c1c[nH]c2ccccc12)N1CCN(C(c2ccccc2)c2ccccc2)CC1. The van der Waals surface area contributed by atoms with E-state index in [1.807, 2.05) is 42.6 Å². The number of para-hydroxylation sites is 1. The van der Waals surface area contributed by atoms with Gasteiger partial charge in [-0.3, -0.25) is 14.6 Å². The number of hydrogen-bond acceptors (Lipinski definition) is 3. The van der Waals surface area contributed by atoms with Crippen LogP contribution in [0, 0.1) is 0 Å². The highest BCUT2D eigenvalue weighted by atomic mass is 16.4. The van der Waals surface area contributed by atoms with Crippen LogP contribution in [0.1, 0.15) is 28.8 Å². The van der Waals surface area contributed by atoms with Crippen LogP contribution in [-0.2, 0) is 4.79 Å². The van der Waals surface area contributed by atoms with Crippen molar-refractivity contribution in [3.05, 3.63) is 108 Å². The molecule has 162 valence electrons. The smallest absolute Gasteiger partial charge is 0.325 e. The van der Waals surface area contributed by atoms with E-state index in [4.69, 9.17) is 0 Å². The van der Waals surface area contributed by atoms with Gasteiger partial charge in [0.1, 0.15) is 6.04 Å². The molecule has 2 heterocycles. The van der Waals surface area contributed by atoms with Crippen LogP contribution < -0.4 is 0 Å². The van der Waals surface area contributed by atoms with Gasteiger partial charge in [-0.1, -0.05) is 78.9 Å². The Morgan fingerprint density at radius 2 is 1.28 bits per heavy atom. The number of carboxylic acids is 1. The summed E-state index contributed by atoms with van der Waals surface area (Å²) in [5, 5.41) is 11.1. The molecule has 0 unspecified atom stereocenters. The summed E-state index contributed by atoms with van der Waals surface area (Å²) in [6.07, 6.45) is 1.85. The van der Waals surface area contributed by atoms with Crippen LogP contribution in [0.5, 0.6) is 0 Å². The molecule has 1 atom stereocenters. The van der Waals surface area contributed by atoms with Crippen molar-refractivity contribution in [3.8, 4) is 0 Å². The van der Waals surface area contributed by atoms with Gasteiger partial charge in [0.05, 0.1) is 6.04 Å². The summed E-state index contributed by atoms with van der Waals surface area (Å²) >= 11 is 0. The Hall–Kier alpha value is -3.41. The Kier molecular flexibility index (Phi) is 5.75. The first kappa shape index (κ1) is 20.5. The molecule has 0 spiro atoms. The fourth-order valence-electron chi connectivity index (χ4n) is 4.94. The number of benzene rings is 3. The monoisotopic (exact) mass is 425 g/mol. The van der Waals surface area contributed by atoms with E-state index in [0.717, 1.165) is 29.6 Å². The fraction of sp³-hybridized carbons (Fsp3) is 0.222. The normalized spacial score (nSPS) is 16.4. The average Bonchev–Trinajstić information content (AvgIpc) is 3.25. The summed E-state index contributed by atoms with van der Waals surface area (Å²) in [6.45, 7) is 3.01. The number of H-pyrrole nitrogens is 1. The number of nitrogens with zero attached hydrogens (tertiary/aromatic N) is 2. The van der Waals surface area contributed by atoms with Crippen molar-refractivity contribution >= 4 is 16.9 Å². The van der Waals surface area contributed by atoms with Gasteiger partial charge >= 0.3 is 5.97 Å². The van der Waals surface area contributed by atoms with Crippen molar-refractivity contribution in [1.82, 2.24) is 14.8 Å². The summed E-state index contributed by atoms with van der Waals surface area (Å²) in [4.78, 5) is 20.1. The van der Waals surface area contributed by atoms with E-state index in [1.54, 1.807) is 0 Å². The van der Waals surface area contributed by atoms with Crippen LogP contribution in [0.4, 0.5) is 0 Å². The topological polar surface area (TPSA) is 59.6 Å². The van der Waals surface area contributed by atoms with Crippen molar-refractivity contribution in [2.45, 2.75) is 12.1 Å². The quantitative estimate of drug-likeness (QED) is 0.470. The molecule has 1 fully saturated rings. The Labute approximate surface area is 187 Å². The zero-order valence-electron chi connectivity index (χ0n) is 17.9. The van der Waals surface area contributed by atoms with Gasteiger partial charge in [-0.25, -0.2) is 0 Å². The molecule has 0 saturated carbocycles. The van der Waals surface area contributed by atoms with E-state index < -0.39 is 12.0 Å². The van der Waals surface area contributed by atoms with Crippen molar-refractivity contribution in [1.29, 1.82) is 0 Å². The van der Waals surface area contributed by atoms with Crippen molar-refractivity contribution in [2.24, 2.45) is 0 Å². The summed E-state index contributed by atoms with van der Waals surface area (Å²) < 4.78 is 0. The molecule has 1 aliphatic heterocycles. The number of aliphatic carboxylic acids is 1. The van der Waals surface area contributed by atoms with E-state index in [-0.39, 0.29) is 6.04 Å². The summed E-state index contributed by atoms with van der Waals surface area (Å²) in [6, 6.07) is 28.5. The maximum atomic E-state index is 12.3. The Morgan fingerprint density at radius 3 is 1.88 bits per heavy atom. The molecule has 4 aromatic rings. The first-order valence-corrected chi connectivity index (χ1v) is 11.1. The molecule has 0 amide bonds.